The van der Waals surface area contributed by atoms with Gasteiger partial charge < -0.3 is 20.0 Å². The van der Waals surface area contributed by atoms with Gasteiger partial charge in [0.25, 0.3) is 0 Å². The number of nitrogens with zero attached hydrogens (tertiary/aromatic N) is 2. The fraction of sp³-hybridized carbons (Fsp3) is 0.647. The molecule has 1 aliphatic carbocycles. The Kier molecular flexibility index (Phi) is 16.1. The molecule has 0 aliphatic heterocycles. The maximum Gasteiger partial charge on any atom is 0.308 e. The quantitative estimate of drug-likeness (QED) is 0.177. The molecule has 0 aromatic rings. The summed E-state index contributed by atoms with van der Waals surface area (Å²) in [6.07, 6.45) is 12.9. The third-order valence-corrected chi connectivity index (χ3v) is 7.80. The topological polar surface area (TPSA) is 115 Å². The molecule has 1 aliphatic rings. The van der Waals surface area contributed by atoms with E-state index >= 15 is 0 Å². The number of aliphatic carboxylic acids is 2. The van der Waals surface area contributed by atoms with E-state index in [0.29, 0.717) is 25.9 Å². The van der Waals surface area contributed by atoms with E-state index in [4.69, 9.17) is 0 Å². The molecule has 0 unspecified atom stereocenters. The van der Waals surface area contributed by atoms with Crippen molar-refractivity contribution < 1.29 is 29.4 Å². The fourth-order valence-electron chi connectivity index (χ4n) is 5.43. The summed E-state index contributed by atoms with van der Waals surface area (Å²) in [6, 6.07) is 0. The molecule has 1 fully saturated rings. The summed E-state index contributed by atoms with van der Waals surface area (Å²) >= 11 is 0. The van der Waals surface area contributed by atoms with Crippen LogP contribution in [0.4, 0.5) is 0 Å². The number of allylic oxidation sites excluding steroid dienone is 6. The van der Waals surface area contributed by atoms with Gasteiger partial charge in [0, 0.05) is 26.2 Å². The van der Waals surface area contributed by atoms with Crippen LogP contribution >= 0.6 is 0 Å². The number of carboxylic acids is 2. The first-order valence-corrected chi connectivity index (χ1v) is 15.4. The molecule has 1 rings (SSSR count). The van der Waals surface area contributed by atoms with Gasteiger partial charge in [-0.3, -0.25) is 19.2 Å². The zero-order valence-electron chi connectivity index (χ0n) is 27.1. The molecule has 0 saturated heterocycles. The van der Waals surface area contributed by atoms with Crippen LogP contribution in [0.1, 0.15) is 93.9 Å². The van der Waals surface area contributed by atoms with Crippen molar-refractivity contribution in [2.24, 2.45) is 23.7 Å². The average Bonchev–Trinajstić information content (AvgIpc) is 2.87. The first kappa shape index (κ1) is 36.9. The van der Waals surface area contributed by atoms with E-state index in [-0.39, 0.29) is 13.1 Å². The molecule has 0 bridgehead atoms. The van der Waals surface area contributed by atoms with Crippen molar-refractivity contribution in [3.05, 3.63) is 46.6 Å². The molecule has 0 atom stereocenters. The Hall–Kier alpha value is -3.16. The van der Waals surface area contributed by atoms with Crippen molar-refractivity contribution >= 4 is 23.8 Å². The molecular weight excluding hydrogens is 532 g/mol. The minimum absolute atomic E-state index is 0.278. The van der Waals surface area contributed by atoms with Crippen LogP contribution in [0.3, 0.4) is 0 Å². The van der Waals surface area contributed by atoms with E-state index in [1.165, 1.54) is 11.1 Å². The maximum atomic E-state index is 13.7. The van der Waals surface area contributed by atoms with E-state index in [9.17, 15) is 29.4 Å². The third kappa shape index (κ3) is 11.3. The highest BCUT2D eigenvalue weighted by Gasteiger charge is 2.64. The van der Waals surface area contributed by atoms with Crippen LogP contribution in [0, 0.1) is 23.7 Å². The second-order valence-corrected chi connectivity index (χ2v) is 12.1. The van der Waals surface area contributed by atoms with E-state index < -0.39 is 47.4 Å². The molecule has 1 saturated carbocycles. The molecule has 42 heavy (non-hydrogen) atoms. The van der Waals surface area contributed by atoms with Crippen molar-refractivity contribution in [2.75, 3.05) is 26.2 Å². The van der Waals surface area contributed by atoms with Crippen LogP contribution in [-0.4, -0.2) is 69.9 Å². The summed E-state index contributed by atoms with van der Waals surface area (Å²) < 4.78 is 0. The Morgan fingerprint density at radius 1 is 0.571 bits per heavy atom. The predicted octanol–water partition coefficient (Wildman–Crippen LogP) is 6.50. The normalized spacial score (nSPS) is 20.3. The molecule has 2 amide bonds. The highest BCUT2D eigenvalue weighted by atomic mass is 16.4. The van der Waals surface area contributed by atoms with Crippen LogP contribution in [0.15, 0.2) is 46.6 Å². The van der Waals surface area contributed by atoms with Crippen LogP contribution in [0.2, 0.25) is 0 Å². The monoisotopic (exact) mass is 586 g/mol. The summed E-state index contributed by atoms with van der Waals surface area (Å²) in [5.41, 5.74) is 4.68. The predicted molar refractivity (Wildman–Crippen MR) is 168 cm³/mol. The Balaban J connectivity index is 3.21. The van der Waals surface area contributed by atoms with E-state index in [1.807, 2.05) is 67.5 Å². The van der Waals surface area contributed by atoms with Crippen molar-refractivity contribution in [1.29, 1.82) is 0 Å². The Morgan fingerprint density at radius 2 is 0.905 bits per heavy atom. The average molecular weight is 587 g/mol. The van der Waals surface area contributed by atoms with Gasteiger partial charge in [-0.2, -0.15) is 0 Å². The third-order valence-electron chi connectivity index (χ3n) is 7.80. The molecule has 0 aromatic heterocycles. The van der Waals surface area contributed by atoms with E-state index in [1.54, 1.807) is 9.80 Å². The lowest BCUT2D eigenvalue weighted by molar-refractivity contribution is -0.187. The first-order valence-electron chi connectivity index (χ1n) is 15.4. The number of hydrogen-bond donors (Lipinski definition) is 2. The van der Waals surface area contributed by atoms with Gasteiger partial charge in [0.15, 0.2) is 0 Å². The molecule has 0 radical (unpaired) electrons. The number of amides is 2. The van der Waals surface area contributed by atoms with Gasteiger partial charge in [-0.15, -0.1) is 0 Å². The van der Waals surface area contributed by atoms with Crippen LogP contribution in [0.5, 0.6) is 0 Å². The lowest BCUT2D eigenvalue weighted by Gasteiger charge is -2.48. The van der Waals surface area contributed by atoms with Gasteiger partial charge >= 0.3 is 11.9 Å². The van der Waals surface area contributed by atoms with E-state index in [2.05, 4.69) is 12.2 Å². The summed E-state index contributed by atoms with van der Waals surface area (Å²) in [6.45, 7) is 17.3. The number of carbonyl (C=O) groups is 4. The minimum atomic E-state index is -1.38. The SMILES string of the molecule is CCCN(C/C=C(\C)CCC=C(C)C)C(=O)C1C(C(=O)O)C(C(=O)N(C/C=C(\C)CCC=C(C)C)CCC)C1C(=O)O. The summed E-state index contributed by atoms with van der Waals surface area (Å²) in [7, 11) is 0. The minimum Gasteiger partial charge on any atom is -0.481 e. The largest absolute Gasteiger partial charge is 0.481 e. The molecular formula is C34H54N2O6. The second kappa shape index (κ2) is 18.4. The fourth-order valence-corrected chi connectivity index (χ4v) is 5.43. The Morgan fingerprint density at radius 3 is 1.17 bits per heavy atom. The summed E-state index contributed by atoms with van der Waals surface area (Å²) in [5, 5.41) is 20.3. The number of carbonyl (C=O) groups excluding carboxylic acids is 2. The summed E-state index contributed by atoms with van der Waals surface area (Å²) in [4.78, 5) is 55.4. The van der Waals surface area contributed by atoms with Crippen molar-refractivity contribution in [3.8, 4) is 0 Å². The van der Waals surface area contributed by atoms with Crippen LogP contribution < -0.4 is 0 Å². The van der Waals surface area contributed by atoms with Crippen LogP contribution in [0.25, 0.3) is 0 Å². The standard InChI is InChI=1S/C34H54N2O6/c1-9-19-35(21-17-25(7)15-11-13-23(3)4)31(37)27-29(33(39)40)28(30(27)34(41)42)32(38)36(20-10-2)22-18-26(8)16-12-14-24(5)6/h13-14,17-18,27-30H,9-12,15-16,19-22H2,1-8H3,(H,39,40)(H,41,42)/b25-17+,26-18+. The smallest absolute Gasteiger partial charge is 0.308 e. The van der Waals surface area contributed by atoms with Gasteiger partial charge in [-0.1, -0.05) is 60.4 Å². The Labute approximate surface area is 253 Å². The molecule has 0 heterocycles. The number of hydrogen-bond acceptors (Lipinski definition) is 4. The second-order valence-electron chi connectivity index (χ2n) is 12.1. The molecule has 0 aromatic carbocycles. The number of rotatable bonds is 18. The molecule has 236 valence electrons. The Bertz CT molecular complexity index is 970. The van der Waals surface area contributed by atoms with Crippen molar-refractivity contribution in [3.63, 3.8) is 0 Å². The summed E-state index contributed by atoms with van der Waals surface area (Å²) in [5.74, 6) is -8.96. The van der Waals surface area contributed by atoms with Gasteiger partial charge in [-0.05, 0) is 80.1 Å². The van der Waals surface area contributed by atoms with Gasteiger partial charge in [0.05, 0.1) is 23.7 Å². The maximum absolute atomic E-state index is 13.7. The van der Waals surface area contributed by atoms with E-state index in [0.717, 1.165) is 36.8 Å². The van der Waals surface area contributed by atoms with Crippen molar-refractivity contribution in [2.45, 2.75) is 93.9 Å². The zero-order valence-corrected chi connectivity index (χ0v) is 27.1. The van der Waals surface area contributed by atoms with Gasteiger partial charge in [0.2, 0.25) is 11.8 Å². The molecule has 8 heteroatoms. The van der Waals surface area contributed by atoms with Crippen LogP contribution in [-0.2, 0) is 19.2 Å². The molecule has 0 spiro atoms. The lowest BCUT2D eigenvalue weighted by Crippen LogP contribution is -2.64. The molecule has 8 nitrogen and oxygen atoms in total. The number of carboxylic acid groups (broad SMARTS) is 2. The zero-order chi connectivity index (χ0) is 32.0. The highest BCUT2D eigenvalue weighted by Crippen LogP contribution is 2.48. The van der Waals surface area contributed by atoms with Crippen molar-refractivity contribution in [1.82, 2.24) is 9.80 Å². The van der Waals surface area contributed by atoms with Gasteiger partial charge in [-0.25, -0.2) is 0 Å². The molecule has 2 N–H and O–H groups in total. The lowest BCUT2D eigenvalue weighted by atomic mass is 9.55. The highest BCUT2D eigenvalue weighted by molar-refractivity contribution is 5.99. The first-order chi connectivity index (χ1) is 19.8. The van der Waals surface area contributed by atoms with Gasteiger partial charge in [0.1, 0.15) is 0 Å².